The van der Waals surface area contributed by atoms with Crippen molar-refractivity contribution in [2.24, 2.45) is 5.92 Å². The summed E-state index contributed by atoms with van der Waals surface area (Å²) in [6, 6.07) is 6.65. The second kappa shape index (κ2) is 10.9. The quantitative estimate of drug-likeness (QED) is 0.696. The number of halogens is 2. The first-order valence-corrected chi connectivity index (χ1v) is 8.40. The minimum absolute atomic E-state index is 0. The molecule has 0 aliphatic carbocycles. The third kappa shape index (κ3) is 6.20. The normalized spacial score (nSPS) is 15.0. The van der Waals surface area contributed by atoms with Crippen LogP contribution in [-0.4, -0.2) is 39.7 Å². The number of hydrogen-bond donors (Lipinski definition) is 3. The van der Waals surface area contributed by atoms with Crippen LogP contribution >= 0.6 is 24.8 Å². The molecule has 2 amide bonds. The van der Waals surface area contributed by atoms with Crippen LogP contribution in [0.5, 0.6) is 0 Å². The number of aromatic nitrogens is 3. The highest BCUT2D eigenvalue weighted by molar-refractivity contribution is 5.95. The topological polar surface area (TPSA) is 101 Å². The van der Waals surface area contributed by atoms with E-state index in [4.69, 9.17) is 0 Å². The van der Waals surface area contributed by atoms with Gasteiger partial charge in [-0.25, -0.2) is 9.67 Å². The van der Waals surface area contributed by atoms with Crippen LogP contribution in [0.2, 0.25) is 0 Å². The van der Waals surface area contributed by atoms with E-state index in [-0.39, 0.29) is 42.5 Å². The number of carbonyl (C=O) groups excluding carboxylic acids is 2. The first-order chi connectivity index (χ1) is 12.1. The molecule has 3 N–H and O–H groups in total. The summed E-state index contributed by atoms with van der Waals surface area (Å²) in [7, 11) is 0. The van der Waals surface area contributed by atoms with Crippen LogP contribution in [0, 0.1) is 5.92 Å². The smallest absolute Gasteiger partial charge is 0.249 e. The number of nitrogens with zero attached hydrogens (tertiary/aromatic N) is 3. The van der Waals surface area contributed by atoms with Gasteiger partial charge in [0.05, 0.1) is 0 Å². The van der Waals surface area contributed by atoms with Crippen LogP contribution in [0.4, 0.5) is 11.4 Å². The molecule has 10 heteroatoms. The zero-order valence-electron chi connectivity index (χ0n) is 14.9. The molecule has 3 rings (SSSR count). The van der Waals surface area contributed by atoms with E-state index in [0.29, 0.717) is 5.69 Å². The number of rotatable bonds is 5. The molecule has 1 fully saturated rings. The maximum Gasteiger partial charge on any atom is 0.249 e. The van der Waals surface area contributed by atoms with Gasteiger partial charge in [0.2, 0.25) is 11.8 Å². The SMILES string of the molecule is CC(C(=O)Nc1ccc(NC(=O)C2CCNCC2)cc1)n1cncn1.Cl.Cl. The predicted octanol–water partition coefficient (Wildman–Crippen LogP) is 2.26. The Balaban J connectivity index is 0.00000182. The molecule has 1 aliphatic heterocycles. The van der Waals surface area contributed by atoms with Gasteiger partial charge in [0.1, 0.15) is 18.7 Å². The molecular formula is C17H24Cl2N6O2. The van der Waals surface area contributed by atoms with Gasteiger partial charge in [-0.3, -0.25) is 9.59 Å². The number of carbonyl (C=O) groups is 2. The molecule has 0 radical (unpaired) electrons. The molecule has 8 nitrogen and oxygen atoms in total. The summed E-state index contributed by atoms with van der Waals surface area (Å²) < 4.78 is 1.49. The van der Waals surface area contributed by atoms with Crippen LogP contribution in [0.1, 0.15) is 25.8 Å². The van der Waals surface area contributed by atoms with E-state index >= 15 is 0 Å². The van der Waals surface area contributed by atoms with Gasteiger partial charge in [-0.15, -0.1) is 24.8 Å². The third-order valence-electron chi connectivity index (χ3n) is 4.34. The lowest BCUT2D eigenvalue weighted by atomic mass is 9.97. The van der Waals surface area contributed by atoms with E-state index in [1.54, 1.807) is 31.2 Å². The van der Waals surface area contributed by atoms with Gasteiger partial charge in [0.15, 0.2) is 0 Å². The molecule has 1 unspecified atom stereocenters. The first kappa shape index (κ1) is 22.9. The lowest BCUT2D eigenvalue weighted by molar-refractivity contribution is -0.120. The van der Waals surface area contributed by atoms with Crippen molar-refractivity contribution in [3.63, 3.8) is 0 Å². The number of piperidine rings is 1. The number of hydrogen-bond acceptors (Lipinski definition) is 5. The Hall–Kier alpha value is -2.16. The Bertz CT molecular complexity index is 718. The maximum absolute atomic E-state index is 12.2. The van der Waals surface area contributed by atoms with Gasteiger partial charge in [-0.05, 0) is 57.1 Å². The molecule has 0 spiro atoms. The summed E-state index contributed by atoms with van der Waals surface area (Å²) in [5.41, 5.74) is 1.39. The van der Waals surface area contributed by atoms with Crippen molar-refractivity contribution in [3.05, 3.63) is 36.9 Å². The van der Waals surface area contributed by atoms with E-state index in [1.807, 2.05) is 0 Å². The second-order valence-corrected chi connectivity index (χ2v) is 6.13. The van der Waals surface area contributed by atoms with Crippen LogP contribution < -0.4 is 16.0 Å². The zero-order valence-corrected chi connectivity index (χ0v) is 16.6. The summed E-state index contributed by atoms with van der Waals surface area (Å²) in [5.74, 6) is -0.0701. The Labute approximate surface area is 170 Å². The molecule has 2 aromatic rings. The van der Waals surface area contributed by atoms with Crippen molar-refractivity contribution >= 4 is 48.0 Å². The number of benzene rings is 1. The van der Waals surface area contributed by atoms with E-state index in [1.165, 1.54) is 17.3 Å². The van der Waals surface area contributed by atoms with Crippen molar-refractivity contribution in [3.8, 4) is 0 Å². The Morgan fingerprint density at radius 2 is 1.70 bits per heavy atom. The van der Waals surface area contributed by atoms with Gasteiger partial charge in [-0.2, -0.15) is 5.10 Å². The summed E-state index contributed by atoms with van der Waals surface area (Å²) >= 11 is 0. The van der Waals surface area contributed by atoms with Crippen LogP contribution in [0.3, 0.4) is 0 Å². The highest BCUT2D eigenvalue weighted by atomic mass is 35.5. The van der Waals surface area contributed by atoms with Crippen molar-refractivity contribution in [2.75, 3.05) is 23.7 Å². The molecule has 2 heterocycles. The van der Waals surface area contributed by atoms with Gasteiger partial charge < -0.3 is 16.0 Å². The summed E-state index contributed by atoms with van der Waals surface area (Å²) in [5, 5.41) is 13.0. The van der Waals surface area contributed by atoms with E-state index in [9.17, 15) is 9.59 Å². The van der Waals surface area contributed by atoms with Crippen LogP contribution in [0.15, 0.2) is 36.9 Å². The predicted molar refractivity (Wildman–Crippen MR) is 109 cm³/mol. The molecule has 0 bridgehead atoms. The van der Waals surface area contributed by atoms with E-state index < -0.39 is 6.04 Å². The second-order valence-electron chi connectivity index (χ2n) is 6.13. The Morgan fingerprint density at radius 3 is 2.26 bits per heavy atom. The van der Waals surface area contributed by atoms with Gasteiger partial charge >= 0.3 is 0 Å². The van der Waals surface area contributed by atoms with E-state index in [2.05, 4.69) is 26.0 Å². The Morgan fingerprint density at radius 1 is 1.11 bits per heavy atom. The van der Waals surface area contributed by atoms with Gasteiger partial charge in [0, 0.05) is 17.3 Å². The number of amides is 2. The fourth-order valence-electron chi connectivity index (χ4n) is 2.75. The molecule has 148 valence electrons. The van der Waals surface area contributed by atoms with Crippen molar-refractivity contribution in [1.29, 1.82) is 0 Å². The lowest BCUT2D eigenvalue weighted by Crippen LogP contribution is -2.34. The van der Waals surface area contributed by atoms with Crippen molar-refractivity contribution < 1.29 is 9.59 Å². The summed E-state index contributed by atoms with van der Waals surface area (Å²) in [6.45, 7) is 3.51. The zero-order chi connectivity index (χ0) is 17.6. The van der Waals surface area contributed by atoms with E-state index in [0.717, 1.165) is 31.6 Å². The van der Waals surface area contributed by atoms with Gasteiger partial charge in [0.25, 0.3) is 0 Å². The summed E-state index contributed by atoms with van der Waals surface area (Å²) in [4.78, 5) is 28.3. The molecular weight excluding hydrogens is 391 g/mol. The van der Waals surface area contributed by atoms with Crippen LogP contribution in [-0.2, 0) is 9.59 Å². The average Bonchev–Trinajstić information content (AvgIpc) is 3.18. The molecule has 1 atom stereocenters. The molecule has 1 aliphatic rings. The maximum atomic E-state index is 12.2. The number of nitrogens with one attached hydrogen (secondary N) is 3. The van der Waals surface area contributed by atoms with Crippen molar-refractivity contribution in [1.82, 2.24) is 20.1 Å². The highest BCUT2D eigenvalue weighted by Gasteiger charge is 2.21. The molecule has 0 saturated carbocycles. The molecule has 27 heavy (non-hydrogen) atoms. The largest absolute Gasteiger partial charge is 0.326 e. The summed E-state index contributed by atoms with van der Waals surface area (Å²) in [6.07, 6.45) is 4.62. The lowest BCUT2D eigenvalue weighted by Gasteiger charge is -2.21. The Kier molecular flexibility index (Phi) is 9.20. The molecule has 1 saturated heterocycles. The van der Waals surface area contributed by atoms with Crippen molar-refractivity contribution in [2.45, 2.75) is 25.8 Å². The van der Waals surface area contributed by atoms with Gasteiger partial charge in [-0.1, -0.05) is 0 Å². The molecule has 1 aromatic carbocycles. The minimum atomic E-state index is -0.457. The average molecular weight is 415 g/mol. The third-order valence-corrected chi connectivity index (χ3v) is 4.34. The highest BCUT2D eigenvalue weighted by Crippen LogP contribution is 2.18. The van der Waals surface area contributed by atoms with Crippen LogP contribution in [0.25, 0.3) is 0 Å². The molecule has 1 aromatic heterocycles. The minimum Gasteiger partial charge on any atom is -0.326 e. The fourth-order valence-corrected chi connectivity index (χ4v) is 2.75. The standard InChI is InChI=1S/C17H22N6O2.2ClH/c1-12(23-11-19-10-20-23)16(24)21-14-2-4-15(5-3-14)22-17(25)13-6-8-18-9-7-13;;/h2-5,10-13,18H,6-9H2,1H3,(H,21,24)(H,22,25);2*1H. The first-order valence-electron chi connectivity index (χ1n) is 8.40. The number of anilines is 2. The monoisotopic (exact) mass is 414 g/mol. The fraction of sp³-hybridized carbons (Fsp3) is 0.412.